The van der Waals surface area contributed by atoms with Crippen LogP contribution < -0.4 is 10.2 Å². The van der Waals surface area contributed by atoms with Gasteiger partial charge in [0.1, 0.15) is 0 Å². The number of ether oxygens (including phenoxy) is 1. The standard InChI is InChI=1S/C21H23N3O5/c1-2-15-7-3-4-8-18(15)22-20(25)14-29-21(26)17-13-16(24(27)28)9-10-19(17)23-11-5-6-12-23/h3-4,7-10,13H,2,5-6,11-12,14H2,1H3,(H,22,25). The highest BCUT2D eigenvalue weighted by atomic mass is 16.6. The van der Waals surface area contributed by atoms with E-state index in [0.29, 0.717) is 11.4 Å². The highest BCUT2D eigenvalue weighted by Crippen LogP contribution is 2.29. The van der Waals surface area contributed by atoms with E-state index in [4.69, 9.17) is 4.74 Å². The maximum Gasteiger partial charge on any atom is 0.341 e. The second-order valence-corrected chi connectivity index (χ2v) is 6.79. The lowest BCUT2D eigenvalue weighted by Crippen LogP contribution is -2.24. The van der Waals surface area contributed by atoms with E-state index in [9.17, 15) is 19.7 Å². The van der Waals surface area contributed by atoms with Gasteiger partial charge < -0.3 is 15.0 Å². The first-order chi connectivity index (χ1) is 14.0. The van der Waals surface area contributed by atoms with Crippen molar-refractivity contribution < 1.29 is 19.2 Å². The van der Waals surface area contributed by atoms with Crippen molar-refractivity contribution in [3.8, 4) is 0 Å². The number of benzene rings is 2. The molecule has 0 unspecified atom stereocenters. The van der Waals surface area contributed by atoms with E-state index in [0.717, 1.165) is 37.9 Å². The summed E-state index contributed by atoms with van der Waals surface area (Å²) in [4.78, 5) is 37.4. The molecule has 0 aromatic heterocycles. The summed E-state index contributed by atoms with van der Waals surface area (Å²) < 4.78 is 5.17. The summed E-state index contributed by atoms with van der Waals surface area (Å²) in [6.45, 7) is 3.05. The molecule has 0 spiro atoms. The zero-order valence-electron chi connectivity index (χ0n) is 16.2. The fraction of sp³-hybridized carbons (Fsp3) is 0.333. The van der Waals surface area contributed by atoms with Crippen molar-refractivity contribution >= 4 is 28.9 Å². The van der Waals surface area contributed by atoms with Gasteiger partial charge >= 0.3 is 5.97 Å². The summed E-state index contributed by atoms with van der Waals surface area (Å²) in [6.07, 6.45) is 2.73. The quantitative estimate of drug-likeness (QED) is 0.435. The van der Waals surface area contributed by atoms with Crippen LogP contribution >= 0.6 is 0 Å². The zero-order chi connectivity index (χ0) is 20.8. The predicted octanol–water partition coefficient (Wildman–Crippen LogP) is 3.55. The van der Waals surface area contributed by atoms with Gasteiger partial charge in [0.25, 0.3) is 11.6 Å². The van der Waals surface area contributed by atoms with Crippen LogP contribution in [0.15, 0.2) is 42.5 Å². The van der Waals surface area contributed by atoms with E-state index in [1.54, 1.807) is 12.1 Å². The summed E-state index contributed by atoms with van der Waals surface area (Å²) in [7, 11) is 0. The Morgan fingerprint density at radius 1 is 1.17 bits per heavy atom. The fourth-order valence-electron chi connectivity index (χ4n) is 3.38. The molecule has 1 aliphatic rings. The lowest BCUT2D eigenvalue weighted by molar-refractivity contribution is -0.384. The molecule has 1 saturated heterocycles. The molecular weight excluding hydrogens is 374 g/mol. The zero-order valence-corrected chi connectivity index (χ0v) is 16.2. The topological polar surface area (TPSA) is 102 Å². The molecule has 1 fully saturated rings. The van der Waals surface area contributed by atoms with Crippen LogP contribution in [0.5, 0.6) is 0 Å². The lowest BCUT2D eigenvalue weighted by Gasteiger charge is -2.20. The van der Waals surface area contributed by atoms with Gasteiger partial charge in [-0.3, -0.25) is 14.9 Å². The molecule has 0 atom stereocenters. The van der Waals surface area contributed by atoms with Crippen LogP contribution in [-0.4, -0.2) is 36.5 Å². The number of hydrogen-bond acceptors (Lipinski definition) is 6. The number of rotatable bonds is 7. The van der Waals surface area contributed by atoms with Gasteiger partial charge in [-0.15, -0.1) is 0 Å². The normalized spacial score (nSPS) is 13.2. The smallest absolute Gasteiger partial charge is 0.341 e. The van der Waals surface area contributed by atoms with Gasteiger partial charge in [0, 0.05) is 30.9 Å². The molecule has 3 rings (SSSR count). The van der Waals surface area contributed by atoms with E-state index in [1.807, 2.05) is 30.0 Å². The number of para-hydroxylation sites is 1. The van der Waals surface area contributed by atoms with Crippen LogP contribution in [0.1, 0.15) is 35.7 Å². The van der Waals surface area contributed by atoms with Crippen LogP contribution in [0.2, 0.25) is 0 Å². The number of carbonyl (C=O) groups excluding carboxylic acids is 2. The van der Waals surface area contributed by atoms with Crippen molar-refractivity contribution in [1.29, 1.82) is 0 Å². The Balaban J connectivity index is 1.71. The molecule has 2 aromatic rings. The van der Waals surface area contributed by atoms with Crippen molar-refractivity contribution in [3.05, 3.63) is 63.7 Å². The molecule has 8 heteroatoms. The Morgan fingerprint density at radius 2 is 1.90 bits per heavy atom. The van der Waals surface area contributed by atoms with Gasteiger partial charge in [-0.25, -0.2) is 4.79 Å². The van der Waals surface area contributed by atoms with E-state index in [-0.39, 0.29) is 11.3 Å². The average Bonchev–Trinajstić information content (AvgIpc) is 3.26. The first kappa shape index (κ1) is 20.3. The van der Waals surface area contributed by atoms with E-state index >= 15 is 0 Å². The van der Waals surface area contributed by atoms with Crippen molar-refractivity contribution in [1.82, 2.24) is 0 Å². The third-order valence-corrected chi connectivity index (χ3v) is 4.86. The Hall–Kier alpha value is -3.42. The second kappa shape index (κ2) is 9.18. The Bertz CT molecular complexity index is 922. The predicted molar refractivity (Wildman–Crippen MR) is 109 cm³/mol. The number of nitrogens with zero attached hydrogens (tertiary/aromatic N) is 2. The molecule has 0 radical (unpaired) electrons. The van der Waals surface area contributed by atoms with E-state index in [1.165, 1.54) is 12.1 Å². The molecule has 1 heterocycles. The molecule has 0 saturated carbocycles. The van der Waals surface area contributed by atoms with Crippen LogP contribution in [-0.2, 0) is 16.0 Å². The van der Waals surface area contributed by atoms with Crippen molar-refractivity contribution in [2.75, 3.05) is 29.9 Å². The van der Waals surface area contributed by atoms with Crippen LogP contribution in [0, 0.1) is 10.1 Å². The van der Waals surface area contributed by atoms with Gasteiger partial charge in [0.15, 0.2) is 6.61 Å². The third kappa shape index (κ3) is 4.90. The summed E-state index contributed by atoms with van der Waals surface area (Å²) >= 11 is 0. The molecule has 8 nitrogen and oxygen atoms in total. The minimum Gasteiger partial charge on any atom is -0.452 e. The van der Waals surface area contributed by atoms with Crippen molar-refractivity contribution in [2.45, 2.75) is 26.2 Å². The Kier molecular flexibility index (Phi) is 6.43. The number of hydrogen-bond donors (Lipinski definition) is 1. The van der Waals surface area contributed by atoms with Gasteiger partial charge in [-0.1, -0.05) is 25.1 Å². The number of esters is 1. The van der Waals surface area contributed by atoms with Gasteiger partial charge in [-0.2, -0.15) is 0 Å². The highest BCUT2D eigenvalue weighted by Gasteiger charge is 2.24. The number of nitrogens with one attached hydrogen (secondary N) is 1. The number of nitro benzene ring substituents is 1. The van der Waals surface area contributed by atoms with Gasteiger partial charge in [-0.05, 0) is 37.0 Å². The third-order valence-electron chi connectivity index (χ3n) is 4.86. The van der Waals surface area contributed by atoms with E-state index in [2.05, 4.69) is 5.32 Å². The fourth-order valence-corrected chi connectivity index (χ4v) is 3.38. The Morgan fingerprint density at radius 3 is 2.59 bits per heavy atom. The summed E-state index contributed by atoms with van der Waals surface area (Å²) in [5.41, 5.74) is 2.14. The molecule has 0 bridgehead atoms. The number of aryl methyl sites for hydroxylation is 1. The average molecular weight is 397 g/mol. The van der Waals surface area contributed by atoms with Crippen LogP contribution in [0.3, 0.4) is 0 Å². The summed E-state index contributed by atoms with van der Waals surface area (Å²) in [6, 6.07) is 11.5. The largest absolute Gasteiger partial charge is 0.452 e. The van der Waals surface area contributed by atoms with Crippen molar-refractivity contribution in [3.63, 3.8) is 0 Å². The Labute approximate surface area is 168 Å². The molecular formula is C21H23N3O5. The van der Waals surface area contributed by atoms with Crippen LogP contribution in [0.4, 0.5) is 17.1 Å². The lowest BCUT2D eigenvalue weighted by atomic mass is 10.1. The SMILES string of the molecule is CCc1ccccc1NC(=O)COC(=O)c1cc([N+](=O)[O-])ccc1N1CCCC1. The molecule has 1 amide bonds. The number of amides is 1. The highest BCUT2D eigenvalue weighted by molar-refractivity contribution is 5.99. The molecule has 1 N–H and O–H groups in total. The number of carbonyl (C=O) groups is 2. The molecule has 1 aliphatic heterocycles. The molecule has 29 heavy (non-hydrogen) atoms. The minimum absolute atomic E-state index is 0.0999. The van der Waals surface area contributed by atoms with Gasteiger partial charge in [0.05, 0.1) is 16.2 Å². The van der Waals surface area contributed by atoms with E-state index < -0.39 is 23.4 Å². The molecule has 2 aromatic carbocycles. The summed E-state index contributed by atoms with van der Waals surface area (Å²) in [5.74, 6) is -1.22. The first-order valence-corrected chi connectivity index (χ1v) is 9.58. The number of nitro groups is 1. The first-order valence-electron chi connectivity index (χ1n) is 9.58. The second-order valence-electron chi connectivity index (χ2n) is 6.79. The minimum atomic E-state index is -0.755. The maximum atomic E-state index is 12.6. The van der Waals surface area contributed by atoms with Gasteiger partial charge in [0.2, 0.25) is 0 Å². The number of non-ortho nitro benzene ring substituents is 1. The maximum absolute atomic E-state index is 12.6. The molecule has 152 valence electrons. The van der Waals surface area contributed by atoms with Crippen LogP contribution in [0.25, 0.3) is 0 Å². The number of anilines is 2. The van der Waals surface area contributed by atoms with Crippen molar-refractivity contribution in [2.24, 2.45) is 0 Å². The molecule has 0 aliphatic carbocycles. The monoisotopic (exact) mass is 397 g/mol. The summed E-state index contributed by atoms with van der Waals surface area (Å²) in [5, 5.41) is 13.8.